The molecule has 3 N–H and O–H groups in total. The number of rotatable bonds is 5. The summed E-state index contributed by atoms with van der Waals surface area (Å²) in [6.45, 7) is 4.19. The first-order chi connectivity index (χ1) is 5.16. The lowest BCUT2D eigenvalue weighted by atomic mass is 10.0. The largest absolute Gasteiger partial charge is 0.379 e. The fourth-order valence-corrected chi connectivity index (χ4v) is 0.942. The summed E-state index contributed by atoms with van der Waals surface area (Å²) in [6, 6.07) is 0. The van der Waals surface area contributed by atoms with Crippen molar-refractivity contribution in [3.8, 4) is 0 Å². The smallest absolute Gasteiger partial charge is 0.102 e. The zero-order valence-electron chi connectivity index (χ0n) is 7.46. The summed E-state index contributed by atoms with van der Waals surface area (Å²) < 4.78 is 0. The first kappa shape index (κ1) is 10.7. The molecule has 0 heterocycles. The first-order valence-corrected chi connectivity index (χ1v) is 4.21. The Morgan fingerprint density at radius 2 is 2.09 bits per heavy atom. The van der Waals surface area contributed by atoms with Gasteiger partial charge in [0.15, 0.2) is 0 Å². The Morgan fingerprint density at radius 1 is 1.45 bits per heavy atom. The third-order valence-corrected chi connectivity index (χ3v) is 1.73. The van der Waals surface area contributed by atoms with Gasteiger partial charge in [-0.25, -0.2) is 0 Å². The molecule has 0 amide bonds. The molecule has 0 aliphatic rings. The highest BCUT2D eigenvalue weighted by Crippen LogP contribution is 2.10. The van der Waals surface area contributed by atoms with E-state index >= 15 is 0 Å². The second kappa shape index (κ2) is 6.38. The second-order valence-corrected chi connectivity index (χ2v) is 3.05. The van der Waals surface area contributed by atoms with Crippen molar-refractivity contribution < 1.29 is 5.11 Å². The summed E-state index contributed by atoms with van der Waals surface area (Å²) in [6.07, 6.45) is 6.36. The van der Waals surface area contributed by atoms with Gasteiger partial charge in [-0.1, -0.05) is 19.1 Å². The van der Waals surface area contributed by atoms with Crippen LogP contribution in [0.5, 0.6) is 0 Å². The van der Waals surface area contributed by atoms with Gasteiger partial charge < -0.3 is 10.8 Å². The Labute approximate surface area is 69.1 Å². The minimum absolute atomic E-state index is 0.629. The number of aliphatic hydroxyl groups excluding tert-OH is 1. The maximum atomic E-state index is 8.79. The quantitative estimate of drug-likeness (QED) is 0.471. The molecule has 0 saturated heterocycles. The van der Waals surface area contributed by atoms with Gasteiger partial charge in [0.25, 0.3) is 0 Å². The standard InChI is InChI=1S/C9H19NO/c1-3-4-5-8(2)6-7-9(10)11/h3-4,8-9,11H,5-7,10H2,1-2H3/b4-3+/t8-,9?/m1/s1. The number of hydrogen-bond donors (Lipinski definition) is 2. The van der Waals surface area contributed by atoms with Crippen molar-refractivity contribution in [3.63, 3.8) is 0 Å². The summed E-state index contributed by atoms with van der Waals surface area (Å²) in [5, 5.41) is 8.79. The van der Waals surface area contributed by atoms with Crippen LogP contribution in [0.4, 0.5) is 0 Å². The summed E-state index contributed by atoms with van der Waals surface area (Å²) in [5.41, 5.74) is 5.21. The number of aliphatic hydroxyl groups is 1. The molecule has 2 atom stereocenters. The molecule has 0 aromatic heterocycles. The third kappa shape index (κ3) is 7.56. The van der Waals surface area contributed by atoms with Crippen molar-refractivity contribution in [1.82, 2.24) is 0 Å². The van der Waals surface area contributed by atoms with E-state index in [1.807, 2.05) is 6.92 Å². The molecule has 2 nitrogen and oxygen atoms in total. The van der Waals surface area contributed by atoms with Crippen molar-refractivity contribution in [2.24, 2.45) is 11.7 Å². The van der Waals surface area contributed by atoms with E-state index < -0.39 is 6.23 Å². The fraction of sp³-hybridized carbons (Fsp3) is 0.778. The van der Waals surface area contributed by atoms with Crippen molar-refractivity contribution in [3.05, 3.63) is 12.2 Å². The number of nitrogens with two attached hydrogens (primary N) is 1. The third-order valence-electron chi connectivity index (χ3n) is 1.73. The van der Waals surface area contributed by atoms with Gasteiger partial charge >= 0.3 is 0 Å². The lowest BCUT2D eigenvalue weighted by Crippen LogP contribution is -2.19. The average Bonchev–Trinajstić information content (AvgIpc) is 1.97. The fourth-order valence-electron chi connectivity index (χ4n) is 0.942. The van der Waals surface area contributed by atoms with Crippen LogP contribution in [0.3, 0.4) is 0 Å². The van der Waals surface area contributed by atoms with E-state index in [9.17, 15) is 0 Å². The zero-order chi connectivity index (χ0) is 8.69. The molecule has 0 rings (SSSR count). The van der Waals surface area contributed by atoms with Crippen molar-refractivity contribution in [2.75, 3.05) is 0 Å². The molecule has 0 aromatic rings. The monoisotopic (exact) mass is 157 g/mol. The van der Waals surface area contributed by atoms with Crippen molar-refractivity contribution in [1.29, 1.82) is 0 Å². The predicted molar refractivity (Wildman–Crippen MR) is 48.0 cm³/mol. The number of hydrogen-bond acceptors (Lipinski definition) is 2. The van der Waals surface area contributed by atoms with Crippen LogP contribution in [0.15, 0.2) is 12.2 Å². The van der Waals surface area contributed by atoms with E-state index in [1.54, 1.807) is 0 Å². The molecule has 0 aliphatic heterocycles. The molecule has 2 heteroatoms. The highest BCUT2D eigenvalue weighted by atomic mass is 16.3. The van der Waals surface area contributed by atoms with Crippen LogP contribution >= 0.6 is 0 Å². The molecule has 0 fully saturated rings. The van der Waals surface area contributed by atoms with Crippen LogP contribution in [0, 0.1) is 5.92 Å². The lowest BCUT2D eigenvalue weighted by molar-refractivity contribution is 0.163. The Hall–Kier alpha value is -0.340. The molecule has 0 aromatic carbocycles. The van der Waals surface area contributed by atoms with Gasteiger partial charge in [-0.05, 0) is 32.1 Å². The minimum Gasteiger partial charge on any atom is -0.379 e. The average molecular weight is 157 g/mol. The molecule has 0 bridgehead atoms. The summed E-state index contributed by atoms with van der Waals surface area (Å²) in [4.78, 5) is 0. The molecule has 0 saturated carbocycles. The van der Waals surface area contributed by atoms with Gasteiger partial charge in [-0.3, -0.25) is 0 Å². The highest BCUT2D eigenvalue weighted by Gasteiger charge is 2.01. The van der Waals surface area contributed by atoms with Crippen molar-refractivity contribution >= 4 is 0 Å². The van der Waals surface area contributed by atoms with Gasteiger partial charge in [0.2, 0.25) is 0 Å². The van der Waals surface area contributed by atoms with E-state index in [2.05, 4.69) is 19.1 Å². The Balaban J connectivity index is 3.29. The van der Waals surface area contributed by atoms with Crippen LogP contribution in [-0.2, 0) is 0 Å². The maximum absolute atomic E-state index is 8.79. The number of allylic oxidation sites excluding steroid dienone is 2. The van der Waals surface area contributed by atoms with Gasteiger partial charge in [0, 0.05) is 0 Å². The first-order valence-electron chi connectivity index (χ1n) is 4.21. The molecular formula is C9H19NO. The van der Waals surface area contributed by atoms with E-state index in [0.29, 0.717) is 12.3 Å². The molecule has 0 aliphatic carbocycles. The lowest BCUT2D eigenvalue weighted by Gasteiger charge is -2.09. The van der Waals surface area contributed by atoms with Crippen LogP contribution in [0.25, 0.3) is 0 Å². The molecule has 1 unspecified atom stereocenters. The van der Waals surface area contributed by atoms with E-state index in [0.717, 1.165) is 12.8 Å². The zero-order valence-corrected chi connectivity index (χ0v) is 7.46. The molecular weight excluding hydrogens is 138 g/mol. The maximum Gasteiger partial charge on any atom is 0.102 e. The van der Waals surface area contributed by atoms with Crippen LogP contribution in [0.1, 0.15) is 33.1 Å². The topological polar surface area (TPSA) is 46.2 Å². The Kier molecular flexibility index (Phi) is 6.18. The van der Waals surface area contributed by atoms with E-state index in [4.69, 9.17) is 10.8 Å². The van der Waals surface area contributed by atoms with E-state index in [-0.39, 0.29) is 0 Å². The van der Waals surface area contributed by atoms with Gasteiger partial charge in [0.05, 0.1) is 0 Å². The SMILES string of the molecule is C/C=C/C[C@@H](C)CCC(N)O. The molecule has 0 spiro atoms. The summed E-state index contributed by atoms with van der Waals surface area (Å²) in [7, 11) is 0. The summed E-state index contributed by atoms with van der Waals surface area (Å²) in [5.74, 6) is 0.629. The van der Waals surface area contributed by atoms with Crippen molar-refractivity contribution in [2.45, 2.75) is 39.3 Å². The minimum atomic E-state index is -0.636. The molecule has 11 heavy (non-hydrogen) atoms. The van der Waals surface area contributed by atoms with Crippen LogP contribution < -0.4 is 5.73 Å². The summed E-state index contributed by atoms with van der Waals surface area (Å²) >= 11 is 0. The van der Waals surface area contributed by atoms with Gasteiger partial charge in [0.1, 0.15) is 6.23 Å². The predicted octanol–water partition coefficient (Wildman–Crippen LogP) is 1.65. The Bertz CT molecular complexity index is 110. The van der Waals surface area contributed by atoms with Crippen LogP contribution in [-0.4, -0.2) is 11.3 Å². The normalized spacial score (nSPS) is 17.1. The molecule has 66 valence electrons. The van der Waals surface area contributed by atoms with Gasteiger partial charge in [-0.15, -0.1) is 0 Å². The molecule has 0 radical (unpaired) electrons. The van der Waals surface area contributed by atoms with E-state index in [1.165, 1.54) is 0 Å². The van der Waals surface area contributed by atoms with Crippen LogP contribution in [0.2, 0.25) is 0 Å². The van der Waals surface area contributed by atoms with Gasteiger partial charge in [-0.2, -0.15) is 0 Å². The highest BCUT2D eigenvalue weighted by molar-refractivity contribution is 4.78. The Morgan fingerprint density at radius 3 is 2.55 bits per heavy atom. The second-order valence-electron chi connectivity index (χ2n) is 3.05.